The maximum absolute atomic E-state index is 12.4. The van der Waals surface area contributed by atoms with E-state index in [-0.39, 0.29) is 11.5 Å². The lowest BCUT2D eigenvalue weighted by atomic mass is 10.0. The van der Waals surface area contributed by atoms with Crippen LogP contribution >= 0.6 is 0 Å². The molecule has 0 unspecified atom stereocenters. The van der Waals surface area contributed by atoms with Crippen molar-refractivity contribution in [2.24, 2.45) is 0 Å². The fourth-order valence-corrected chi connectivity index (χ4v) is 3.12. The Labute approximate surface area is 147 Å². The molecule has 6 heteroatoms. The van der Waals surface area contributed by atoms with Crippen molar-refractivity contribution < 1.29 is 9.47 Å². The Hall–Kier alpha value is -2.34. The molecule has 3 rings (SSSR count). The molecule has 2 heterocycles. The molecule has 1 aromatic heterocycles. The van der Waals surface area contributed by atoms with Crippen LogP contribution in [0.2, 0.25) is 0 Å². The zero-order valence-electron chi connectivity index (χ0n) is 15.3. The predicted molar refractivity (Wildman–Crippen MR) is 96.3 cm³/mol. The lowest BCUT2D eigenvalue weighted by Gasteiger charge is -2.28. The SMILES string of the molecule is COc1cc(CN2CCc3nc(C(C)C)[nH]c(=O)c3C2)cc(OC)c1. The van der Waals surface area contributed by atoms with Gasteiger partial charge in [-0.2, -0.15) is 0 Å². The molecular formula is C19H25N3O3. The van der Waals surface area contributed by atoms with Gasteiger partial charge in [0.25, 0.3) is 5.56 Å². The molecule has 0 atom stereocenters. The van der Waals surface area contributed by atoms with Crippen LogP contribution in [0.3, 0.4) is 0 Å². The van der Waals surface area contributed by atoms with Crippen LogP contribution in [-0.4, -0.2) is 35.6 Å². The molecule has 0 amide bonds. The van der Waals surface area contributed by atoms with E-state index in [0.29, 0.717) is 6.54 Å². The molecule has 0 aliphatic carbocycles. The smallest absolute Gasteiger partial charge is 0.255 e. The number of hydrogen-bond acceptors (Lipinski definition) is 5. The first-order chi connectivity index (χ1) is 12.0. The minimum absolute atomic E-state index is 0.0124. The number of rotatable bonds is 5. The van der Waals surface area contributed by atoms with Crippen LogP contribution in [0.5, 0.6) is 11.5 Å². The van der Waals surface area contributed by atoms with Crippen molar-refractivity contribution in [1.82, 2.24) is 14.9 Å². The number of hydrogen-bond donors (Lipinski definition) is 1. The topological polar surface area (TPSA) is 67.5 Å². The highest BCUT2D eigenvalue weighted by atomic mass is 16.5. The maximum atomic E-state index is 12.4. The Balaban J connectivity index is 1.81. The molecule has 0 bridgehead atoms. The summed E-state index contributed by atoms with van der Waals surface area (Å²) >= 11 is 0. The number of nitrogens with one attached hydrogen (secondary N) is 1. The predicted octanol–water partition coefficient (Wildman–Crippen LogP) is 2.47. The molecule has 1 aromatic carbocycles. The summed E-state index contributed by atoms with van der Waals surface area (Å²) in [4.78, 5) is 22.2. The van der Waals surface area contributed by atoms with Gasteiger partial charge in [-0.25, -0.2) is 4.98 Å². The number of methoxy groups -OCH3 is 2. The molecule has 0 spiro atoms. The first kappa shape index (κ1) is 17.5. The zero-order valence-corrected chi connectivity index (χ0v) is 15.3. The van der Waals surface area contributed by atoms with Gasteiger partial charge in [0.1, 0.15) is 17.3 Å². The van der Waals surface area contributed by atoms with Gasteiger partial charge in [-0.1, -0.05) is 13.8 Å². The highest BCUT2D eigenvalue weighted by molar-refractivity contribution is 5.38. The Bertz CT molecular complexity index is 792. The minimum Gasteiger partial charge on any atom is -0.497 e. The first-order valence-corrected chi connectivity index (χ1v) is 8.56. The average Bonchev–Trinajstić information content (AvgIpc) is 2.61. The van der Waals surface area contributed by atoms with E-state index in [9.17, 15) is 4.79 Å². The van der Waals surface area contributed by atoms with Gasteiger partial charge < -0.3 is 14.5 Å². The molecule has 0 saturated carbocycles. The molecule has 2 aromatic rings. The third-order valence-corrected chi connectivity index (χ3v) is 4.53. The van der Waals surface area contributed by atoms with Gasteiger partial charge in [0.2, 0.25) is 0 Å². The summed E-state index contributed by atoms with van der Waals surface area (Å²) < 4.78 is 10.7. The van der Waals surface area contributed by atoms with Gasteiger partial charge >= 0.3 is 0 Å². The molecule has 1 N–H and O–H groups in total. The molecule has 1 aliphatic heterocycles. The summed E-state index contributed by atoms with van der Waals surface area (Å²) in [5, 5.41) is 0. The van der Waals surface area contributed by atoms with Crippen molar-refractivity contribution in [3.63, 3.8) is 0 Å². The van der Waals surface area contributed by atoms with Gasteiger partial charge in [0.15, 0.2) is 0 Å². The Morgan fingerprint density at radius 3 is 2.48 bits per heavy atom. The summed E-state index contributed by atoms with van der Waals surface area (Å²) in [5.74, 6) is 2.54. The van der Waals surface area contributed by atoms with Gasteiger partial charge in [-0.3, -0.25) is 9.69 Å². The van der Waals surface area contributed by atoms with Crippen LogP contribution < -0.4 is 15.0 Å². The molecule has 1 aliphatic rings. The van der Waals surface area contributed by atoms with E-state index >= 15 is 0 Å². The van der Waals surface area contributed by atoms with Crippen LogP contribution in [-0.2, 0) is 19.5 Å². The second kappa shape index (κ2) is 7.27. The summed E-state index contributed by atoms with van der Waals surface area (Å²) in [7, 11) is 3.29. The van der Waals surface area contributed by atoms with Crippen LogP contribution in [0.15, 0.2) is 23.0 Å². The molecule has 25 heavy (non-hydrogen) atoms. The van der Waals surface area contributed by atoms with Gasteiger partial charge in [0.05, 0.1) is 25.5 Å². The Morgan fingerprint density at radius 2 is 1.88 bits per heavy atom. The maximum Gasteiger partial charge on any atom is 0.255 e. The highest BCUT2D eigenvalue weighted by Gasteiger charge is 2.22. The standard InChI is InChI=1S/C19H25N3O3/c1-12(2)18-20-17-5-6-22(11-16(17)19(23)21-18)10-13-7-14(24-3)9-15(8-13)25-4/h7-9,12H,5-6,10-11H2,1-4H3,(H,20,21,23). The van der Waals surface area contributed by atoms with Crippen LogP contribution in [0, 0.1) is 0 Å². The number of H-pyrrole nitrogens is 1. The van der Waals surface area contributed by atoms with Crippen molar-refractivity contribution in [1.29, 1.82) is 0 Å². The number of nitrogens with zero attached hydrogens (tertiary/aromatic N) is 2. The van der Waals surface area contributed by atoms with Crippen LogP contribution in [0.4, 0.5) is 0 Å². The first-order valence-electron chi connectivity index (χ1n) is 8.56. The van der Waals surface area contributed by atoms with E-state index in [4.69, 9.17) is 9.47 Å². The zero-order chi connectivity index (χ0) is 18.0. The highest BCUT2D eigenvalue weighted by Crippen LogP contribution is 2.25. The van der Waals surface area contributed by atoms with Crippen molar-refractivity contribution >= 4 is 0 Å². The van der Waals surface area contributed by atoms with Crippen molar-refractivity contribution in [3.8, 4) is 11.5 Å². The third kappa shape index (κ3) is 3.85. The van der Waals surface area contributed by atoms with Crippen LogP contribution in [0.1, 0.15) is 42.4 Å². The molecule has 0 fully saturated rings. The summed E-state index contributed by atoms with van der Waals surface area (Å²) in [6.07, 6.45) is 0.792. The van der Waals surface area contributed by atoms with Crippen molar-refractivity contribution in [3.05, 3.63) is 51.2 Å². The van der Waals surface area contributed by atoms with E-state index in [0.717, 1.165) is 53.7 Å². The van der Waals surface area contributed by atoms with Gasteiger partial charge in [0, 0.05) is 38.0 Å². The van der Waals surface area contributed by atoms with Crippen molar-refractivity contribution in [2.75, 3.05) is 20.8 Å². The number of ether oxygens (including phenoxy) is 2. The number of aromatic nitrogens is 2. The van der Waals surface area contributed by atoms with Gasteiger partial charge in [-0.05, 0) is 17.7 Å². The second-order valence-corrected chi connectivity index (χ2v) is 6.71. The molecular weight excluding hydrogens is 318 g/mol. The number of aromatic amines is 1. The largest absolute Gasteiger partial charge is 0.497 e. The van der Waals surface area contributed by atoms with E-state index in [1.165, 1.54) is 0 Å². The lowest BCUT2D eigenvalue weighted by molar-refractivity contribution is 0.240. The van der Waals surface area contributed by atoms with Gasteiger partial charge in [-0.15, -0.1) is 0 Å². The number of fused-ring (bicyclic) bond motifs is 1. The van der Waals surface area contributed by atoms with E-state index in [1.54, 1.807) is 14.2 Å². The molecule has 134 valence electrons. The summed E-state index contributed by atoms with van der Waals surface area (Å²) in [6.45, 7) is 6.29. The average molecular weight is 343 g/mol. The van der Waals surface area contributed by atoms with E-state index in [1.807, 2.05) is 32.0 Å². The second-order valence-electron chi connectivity index (χ2n) is 6.71. The third-order valence-electron chi connectivity index (χ3n) is 4.53. The van der Waals surface area contributed by atoms with Crippen molar-refractivity contribution in [2.45, 2.75) is 39.3 Å². The molecule has 0 saturated heterocycles. The minimum atomic E-state index is -0.0124. The number of benzene rings is 1. The van der Waals surface area contributed by atoms with E-state index in [2.05, 4.69) is 14.9 Å². The lowest BCUT2D eigenvalue weighted by Crippen LogP contribution is -2.36. The Kier molecular flexibility index (Phi) is 5.08. The fraction of sp³-hybridized carbons (Fsp3) is 0.474. The fourth-order valence-electron chi connectivity index (χ4n) is 3.12. The quantitative estimate of drug-likeness (QED) is 0.903. The van der Waals surface area contributed by atoms with E-state index < -0.39 is 0 Å². The monoisotopic (exact) mass is 343 g/mol. The Morgan fingerprint density at radius 1 is 1.20 bits per heavy atom. The molecule has 0 radical (unpaired) electrons. The normalized spacial score (nSPS) is 14.4. The van der Waals surface area contributed by atoms with Crippen LogP contribution in [0.25, 0.3) is 0 Å². The summed E-state index contributed by atoms with van der Waals surface area (Å²) in [5.41, 5.74) is 2.81. The summed E-state index contributed by atoms with van der Waals surface area (Å²) in [6, 6.07) is 5.86. The molecule has 6 nitrogen and oxygen atoms in total.